The van der Waals surface area contributed by atoms with Crippen LogP contribution in [0.3, 0.4) is 0 Å². The number of hydrogen-bond acceptors (Lipinski definition) is 8. The summed E-state index contributed by atoms with van der Waals surface area (Å²) >= 11 is 0. The molecule has 1 aliphatic carbocycles. The lowest BCUT2D eigenvalue weighted by Gasteiger charge is -2.39. The first-order valence-electron chi connectivity index (χ1n) is 7.65. The maximum absolute atomic E-state index is 12.8. The van der Waals surface area contributed by atoms with E-state index in [1.54, 1.807) is 0 Å². The van der Waals surface area contributed by atoms with Gasteiger partial charge in [0.2, 0.25) is 11.6 Å². The number of carbonyl (C=O) groups excluding carboxylic acids is 3. The highest BCUT2D eigenvalue weighted by atomic mass is 16.6. The van der Waals surface area contributed by atoms with Crippen LogP contribution in [-0.4, -0.2) is 60.6 Å². The van der Waals surface area contributed by atoms with Crippen LogP contribution in [0.1, 0.15) is 6.92 Å². The average Bonchev–Trinajstić information content (AvgIpc) is 3.16. The second kappa shape index (κ2) is 4.58. The molecule has 0 bridgehead atoms. The number of carbonyl (C=O) groups is 3. The first-order chi connectivity index (χ1) is 11.3. The van der Waals surface area contributed by atoms with Crippen LogP contribution in [-0.2, 0) is 19.1 Å². The predicted molar refractivity (Wildman–Crippen MR) is 80.1 cm³/mol. The second-order valence-corrected chi connectivity index (χ2v) is 6.46. The van der Waals surface area contributed by atoms with E-state index in [1.807, 2.05) is 4.90 Å². The summed E-state index contributed by atoms with van der Waals surface area (Å²) < 4.78 is 10.8. The predicted octanol–water partition coefficient (Wildman–Crippen LogP) is -1.65. The molecule has 4 aliphatic rings. The molecule has 0 aromatic carbocycles. The van der Waals surface area contributed by atoms with Crippen LogP contribution in [0.2, 0.25) is 0 Å². The highest BCUT2D eigenvalue weighted by molar-refractivity contribution is 6.25. The van der Waals surface area contributed by atoms with Gasteiger partial charge in [0.25, 0.3) is 0 Å². The molecule has 4 atom stereocenters. The number of nitrogens with two attached hydrogens (primary N) is 2. The molecule has 0 spiro atoms. The molecule has 0 radical (unpaired) electrons. The van der Waals surface area contributed by atoms with Crippen molar-refractivity contribution in [2.45, 2.75) is 24.7 Å². The molecule has 5 N–H and O–H groups in total. The van der Waals surface area contributed by atoms with Crippen molar-refractivity contribution in [3.63, 3.8) is 0 Å². The van der Waals surface area contributed by atoms with Gasteiger partial charge in [-0.3, -0.25) is 9.59 Å². The number of piperazine rings is 1. The van der Waals surface area contributed by atoms with Crippen LogP contribution in [0.4, 0.5) is 4.79 Å². The highest BCUT2D eigenvalue weighted by Gasteiger charge is 2.72. The normalized spacial score (nSPS) is 36.8. The van der Waals surface area contributed by atoms with Gasteiger partial charge >= 0.3 is 6.09 Å². The number of nitrogens with one attached hydrogen (secondary N) is 1. The molecular weight excluding hydrogens is 316 g/mol. The van der Waals surface area contributed by atoms with E-state index in [2.05, 4.69) is 5.32 Å². The lowest BCUT2D eigenvalue weighted by Crippen LogP contribution is -2.55. The summed E-state index contributed by atoms with van der Waals surface area (Å²) in [5.74, 6) is -1.34. The van der Waals surface area contributed by atoms with E-state index >= 15 is 0 Å². The molecule has 4 rings (SSSR count). The van der Waals surface area contributed by atoms with Gasteiger partial charge in [0.05, 0.1) is 23.4 Å². The summed E-state index contributed by atoms with van der Waals surface area (Å²) in [7, 11) is 1.52. The van der Waals surface area contributed by atoms with Gasteiger partial charge in [-0.1, -0.05) is 0 Å². The highest BCUT2D eigenvalue weighted by Crippen LogP contribution is 2.55. The molecule has 1 amide bonds. The zero-order valence-corrected chi connectivity index (χ0v) is 13.3. The van der Waals surface area contributed by atoms with E-state index in [1.165, 1.54) is 14.0 Å². The Balaban J connectivity index is 1.85. The van der Waals surface area contributed by atoms with E-state index in [-0.39, 0.29) is 41.3 Å². The molecule has 0 aromatic rings. The molecule has 9 nitrogen and oxygen atoms in total. The summed E-state index contributed by atoms with van der Waals surface area (Å²) in [6, 6.07) is 0.109. The summed E-state index contributed by atoms with van der Waals surface area (Å²) in [6.45, 7) is 1.92. The third-order valence-electron chi connectivity index (χ3n) is 5.47. The Morgan fingerprint density at radius 3 is 2.75 bits per heavy atom. The summed E-state index contributed by atoms with van der Waals surface area (Å²) in [4.78, 5) is 38.4. The standard InChI is InChI=1S/C15H18N4O5/c1-5-9(16)12(21)8-6(4-24-14(17)22)15(23-2)13-7(18-13)3-19(15)10(8)11(5)20/h6-7,13,18H,3-4,16H2,1-2H3,(H2,17,22)/t6-,7+,13-,15+/m1/s1. The lowest BCUT2D eigenvalue weighted by molar-refractivity contribution is -0.137. The summed E-state index contributed by atoms with van der Waals surface area (Å²) in [5.41, 5.74) is 10.7. The number of methoxy groups -OCH3 is 1. The first-order valence-corrected chi connectivity index (χ1v) is 7.65. The van der Waals surface area contributed by atoms with Crippen molar-refractivity contribution in [1.82, 2.24) is 10.2 Å². The van der Waals surface area contributed by atoms with Crippen LogP contribution < -0.4 is 16.8 Å². The fourth-order valence-electron chi connectivity index (χ4n) is 4.31. The van der Waals surface area contributed by atoms with Crippen molar-refractivity contribution in [3.05, 3.63) is 22.5 Å². The molecular formula is C15H18N4O5. The third kappa shape index (κ3) is 1.58. The maximum Gasteiger partial charge on any atom is 0.404 e. The lowest BCUT2D eigenvalue weighted by atomic mass is 9.82. The van der Waals surface area contributed by atoms with Crippen LogP contribution in [0.5, 0.6) is 0 Å². The number of fused-ring (bicyclic) bond motifs is 4. The quantitative estimate of drug-likeness (QED) is 0.411. The minimum absolute atomic E-state index is 0.0586. The molecule has 0 aromatic heterocycles. The van der Waals surface area contributed by atoms with Crippen molar-refractivity contribution in [2.24, 2.45) is 17.4 Å². The zero-order valence-electron chi connectivity index (χ0n) is 13.3. The molecule has 24 heavy (non-hydrogen) atoms. The van der Waals surface area contributed by atoms with Gasteiger partial charge in [0.1, 0.15) is 6.61 Å². The fourth-order valence-corrected chi connectivity index (χ4v) is 4.31. The Bertz CT molecular complexity index is 757. The number of amides is 1. The number of hydrogen-bond donors (Lipinski definition) is 3. The van der Waals surface area contributed by atoms with Crippen molar-refractivity contribution < 1.29 is 23.9 Å². The van der Waals surface area contributed by atoms with Crippen LogP contribution in [0.15, 0.2) is 22.5 Å². The topological polar surface area (TPSA) is 147 Å². The van der Waals surface area contributed by atoms with Crippen molar-refractivity contribution in [1.29, 1.82) is 0 Å². The van der Waals surface area contributed by atoms with Crippen molar-refractivity contribution in [3.8, 4) is 0 Å². The van der Waals surface area contributed by atoms with Gasteiger partial charge in [0, 0.05) is 30.8 Å². The van der Waals surface area contributed by atoms with Gasteiger partial charge in [-0.05, 0) is 6.92 Å². The van der Waals surface area contributed by atoms with Crippen LogP contribution >= 0.6 is 0 Å². The first kappa shape index (κ1) is 15.2. The third-order valence-corrected chi connectivity index (χ3v) is 5.47. The Morgan fingerprint density at radius 1 is 1.42 bits per heavy atom. The Hall–Kier alpha value is -2.39. The van der Waals surface area contributed by atoms with E-state index in [0.717, 1.165) is 0 Å². The average molecular weight is 334 g/mol. The monoisotopic (exact) mass is 334 g/mol. The van der Waals surface area contributed by atoms with Gasteiger partial charge in [-0.2, -0.15) is 0 Å². The van der Waals surface area contributed by atoms with Gasteiger partial charge in [-0.15, -0.1) is 0 Å². The number of nitrogens with zero attached hydrogens (tertiary/aromatic N) is 1. The summed E-state index contributed by atoms with van der Waals surface area (Å²) in [6.07, 6.45) is -0.950. The number of ether oxygens (including phenoxy) is 2. The van der Waals surface area contributed by atoms with E-state index < -0.39 is 23.5 Å². The Labute approximate surface area is 137 Å². The van der Waals surface area contributed by atoms with Gasteiger partial charge in [-0.25, -0.2) is 4.79 Å². The van der Waals surface area contributed by atoms with E-state index in [4.69, 9.17) is 20.9 Å². The number of ketones is 2. The van der Waals surface area contributed by atoms with Gasteiger partial charge in [0.15, 0.2) is 5.72 Å². The number of allylic oxidation sites excluding steroid dienone is 2. The SMILES string of the molecule is CO[C@]12[C@H](COC(N)=O)C3=C(C(=O)C(C)=C(N)C3=O)N1C[C@@H]1N[C@H]12. The molecule has 2 saturated heterocycles. The van der Waals surface area contributed by atoms with Crippen molar-refractivity contribution >= 4 is 17.7 Å². The molecule has 9 heteroatoms. The zero-order chi connectivity index (χ0) is 17.4. The molecule has 128 valence electrons. The molecule has 0 saturated carbocycles. The molecule has 0 unspecified atom stereocenters. The number of rotatable bonds is 3. The van der Waals surface area contributed by atoms with Crippen molar-refractivity contribution in [2.75, 3.05) is 20.3 Å². The van der Waals surface area contributed by atoms with Crippen LogP contribution in [0.25, 0.3) is 0 Å². The summed E-state index contributed by atoms with van der Waals surface area (Å²) in [5, 5.41) is 3.28. The molecule has 2 fully saturated rings. The molecule has 3 heterocycles. The molecule has 3 aliphatic heterocycles. The number of primary amides is 1. The largest absolute Gasteiger partial charge is 0.449 e. The Kier molecular flexibility index (Phi) is 2.89. The smallest absolute Gasteiger partial charge is 0.404 e. The van der Waals surface area contributed by atoms with E-state index in [0.29, 0.717) is 12.2 Å². The van der Waals surface area contributed by atoms with Crippen LogP contribution in [0, 0.1) is 5.92 Å². The minimum atomic E-state index is -0.957. The maximum atomic E-state index is 12.8. The minimum Gasteiger partial charge on any atom is -0.449 e. The fraction of sp³-hybridized carbons (Fsp3) is 0.533. The Morgan fingerprint density at radius 2 is 2.12 bits per heavy atom. The second-order valence-electron chi connectivity index (χ2n) is 6.46. The van der Waals surface area contributed by atoms with Gasteiger partial charge < -0.3 is 31.2 Å². The van der Waals surface area contributed by atoms with E-state index in [9.17, 15) is 14.4 Å². The number of Topliss-reactive ketones (excluding diaryl/α,β-unsaturated/α-hetero) is 2.